The molecule has 4 fully saturated rings. The summed E-state index contributed by atoms with van der Waals surface area (Å²) in [6.45, 7) is 0. The molecule has 3 heteroatoms. The fraction of sp³-hybridized carbons (Fsp3) is 0.571. The summed E-state index contributed by atoms with van der Waals surface area (Å²) in [5.74, 6) is 4.31. The Bertz CT molecular complexity index is 695. The lowest BCUT2D eigenvalue weighted by molar-refractivity contribution is -0.0570. The van der Waals surface area contributed by atoms with Gasteiger partial charge in [-0.25, -0.2) is 4.98 Å². The minimum absolute atomic E-state index is 0.298. The molecule has 1 heterocycles. The van der Waals surface area contributed by atoms with E-state index >= 15 is 0 Å². The van der Waals surface area contributed by atoms with Crippen molar-refractivity contribution in [2.24, 2.45) is 23.2 Å². The molecule has 0 amide bonds. The van der Waals surface area contributed by atoms with Crippen LogP contribution in [0.3, 0.4) is 0 Å². The highest BCUT2D eigenvalue weighted by Crippen LogP contribution is 2.61. The maximum atomic E-state index is 9.41. The maximum absolute atomic E-state index is 9.41. The standard InChI is InChI=1S/C21H26N2O/c24-19-3-1-17(2-4-19)20-22-13-18(23-20)5-6-21-10-14-7-15(11-21)9-16(8-14)12-21/h1-4,13-16,24H,5-12H2,(H,22,23). The Morgan fingerprint density at radius 2 is 1.62 bits per heavy atom. The van der Waals surface area contributed by atoms with Crippen LogP contribution >= 0.6 is 0 Å². The van der Waals surface area contributed by atoms with Gasteiger partial charge in [0.05, 0.1) is 0 Å². The Morgan fingerprint density at radius 1 is 1.00 bits per heavy atom. The monoisotopic (exact) mass is 322 g/mol. The first-order valence-corrected chi connectivity index (χ1v) is 9.51. The van der Waals surface area contributed by atoms with E-state index in [0.717, 1.165) is 35.6 Å². The SMILES string of the molecule is Oc1ccc(-c2ncc(CCC34CC5CC(CC(C5)C3)C4)[nH]2)cc1. The third-order valence-corrected chi connectivity index (χ3v) is 6.86. The summed E-state index contributed by atoms with van der Waals surface area (Å²) >= 11 is 0. The topological polar surface area (TPSA) is 48.9 Å². The van der Waals surface area contributed by atoms with Crippen LogP contribution < -0.4 is 0 Å². The first-order valence-electron chi connectivity index (χ1n) is 9.51. The van der Waals surface area contributed by atoms with E-state index in [2.05, 4.69) is 9.97 Å². The van der Waals surface area contributed by atoms with Gasteiger partial charge < -0.3 is 10.1 Å². The molecule has 6 rings (SSSR count). The molecule has 4 aliphatic carbocycles. The summed E-state index contributed by atoms with van der Waals surface area (Å²) in [5.41, 5.74) is 2.93. The summed E-state index contributed by atoms with van der Waals surface area (Å²) < 4.78 is 0. The number of nitrogens with one attached hydrogen (secondary N) is 1. The quantitative estimate of drug-likeness (QED) is 0.838. The number of aryl methyl sites for hydroxylation is 1. The summed E-state index contributed by atoms with van der Waals surface area (Å²) in [6.07, 6.45) is 13.5. The van der Waals surface area contributed by atoms with Gasteiger partial charge in [-0.15, -0.1) is 0 Å². The van der Waals surface area contributed by atoms with E-state index in [4.69, 9.17) is 0 Å². The van der Waals surface area contributed by atoms with Gasteiger partial charge in [0.1, 0.15) is 11.6 Å². The van der Waals surface area contributed by atoms with Gasteiger partial charge in [0.15, 0.2) is 0 Å². The van der Waals surface area contributed by atoms with Crippen molar-refractivity contribution in [3.63, 3.8) is 0 Å². The number of phenolic OH excluding ortho intramolecular Hbond substituents is 1. The largest absolute Gasteiger partial charge is 0.508 e. The molecule has 24 heavy (non-hydrogen) atoms. The van der Waals surface area contributed by atoms with Crippen LogP contribution in [0.25, 0.3) is 11.4 Å². The number of H-pyrrole nitrogens is 1. The van der Waals surface area contributed by atoms with Crippen molar-refractivity contribution < 1.29 is 5.11 Å². The van der Waals surface area contributed by atoms with E-state index in [-0.39, 0.29) is 0 Å². The van der Waals surface area contributed by atoms with Crippen LogP contribution in [0.1, 0.15) is 50.6 Å². The lowest BCUT2D eigenvalue weighted by Gasteiger charge is -2.57. The molecule has 0 unspecified atom stereocenters. The third-order valence-electron chi connectivity index (χ3n) is 6.86. The highest BCUT2D eigenvalue weighted by atomic mass is 16.3. The average Bonchev–Trinajstić information content (AvgIpc) is 3.01. The van der Waals surface area contributed by atoms with Crippen molar-refractivity contribution in [1.82, 2.24) is 9.97 Å². The van der Waals surface area contributed by atoms with Crippen molar-refractivity contribution in [2.75, 3.05) is 0 Å². The van der Waals surface area contributed by atoms with Crippen LogP contribution in [0.15, 0.2) is 30.5 Å². The smallest absolute Gasteiger partial charge is 0.137 e. The van der Waals surface area contributed by atoms with Crippen LogP contribution in [0.2, 0.25) is 0 Å². The highest BCUT2D eigenvalue weighted by molar-refractivity contribution is 5.56. The predicted octanol–water partition coefficient (Wildman–Crippen LogP) is 4.93. The van der Waals surface area contributed by atoms with Gasteiger partial charge >= 0.3 is 0 Å². The summed E-state index contributed by atoms with van der Waals surface area (Å²) in [4.78, 5) is 8.03. The molecule has 0 aliphatic heterocycles. The highest BCUT2D eigenvalue weighted by Gasteiger charge is 2.50. The number of hydrogen-bond donors (Lipinski definition) is 2. The maximum Gasteiger partial charge on any atom is 0.137 e. The number of rotatable bonds is 4. The third kappa shape index (κ3) is 2.54. The molecule has 0 saturated heterocycles. The van der Waals surface area contributed by atoms with Gasteiger partial charge in [0.25, 0.3) is 0 Å². The number of imidazole rings is 1. The van der Waals surface area contributed by atoms with E-state index in [9.17, 15) is 5.11 Å². The fourth-order valence-electron chi connectivity index (χ4n) is 6.25. The van der Waals surface area contributed by atoms with Crippen LogP contribution in [0, 0.1) is 23.2 Å². The Balaban J connectivity index is 1.28. The van der Waals surface area contributed by atoms with Crippen molar-refractivity contribution in [3.8, 4) is 17.1 Å². The Kier molecular flexibility index (Phi) is 3.26. The number of aromatic hydroxyl groups is 1. The Hall–Kier alpha value is -1.77. The zero-order valence-electron chi connectivity index (χ0n) is 14.2. The van der Waals surface area contributed by atoms with Gasteiger partial charge in [0, 0.05) is 17.5 Å². The molecule has 1 aromatic heterocycles. The second-order valence-corrected chi connectivity index (χ2v) is 8.72. The molecule has 4 aliphatic rings. The zero-order chi connectivity index (χ0) is 16.1. The minimum Gasteiger partial charge on any atom is -0.508 e. The number of phenols is 1. The van der Waals surface area contributed by atoms with Crippen LogP contribution in [-0.4, -0.2) is 15.1 Å². The van der Waals surface area contributed by atoms with E-state index in [1.54, 1.807) is 12.1 Å². The first kappa shape index (κ1) is 14.6. The molecule has 4 saturated carbocycles. The molecular weight excluding hydrogens is 296 g/mol. The molecule has 0 spiro atoms. The fourth-order valence-corrected chi connectivity index (χ4v) is 6.25. The molecular formula is C21H26N2O. The molecule has 2 N–H and O–H groups in total. The van der Waals surface area contributed by atoms with E-state index in [1.807, 2.05) is 18.3 Å². The number of aromatic nitrogens is 2. The summed E-state index contributed by atoms with van der Waals surface area (Å²) in [5, 5.41) is 9.41. The predicted molar refractivity (Wildman–Crippen MR) is 94.6 cm³/mol. The van der Waals surface area contributed by atoms with E-state index in [0.29, 0.717) is 11.2 Å². The summed E-state index contributed by atoms with van der Waals surface area (Å²) in [7, 11) is 0. The van der Waals surface area contributed by atoms with Crippen molar-refractivity contribution in [3.05, 3.63) is 36.2 Å². The molecule has 3 nitrogen and oxygen atoms in total. The summed E-state index contributed by atoms with van der Waals surface area (Å²) in [6, 6.07) is 7.26. The number of nitrogens with zero attached hydrogens (tertiary/aromatic N) is 1. The number of hydrogen-bond acceptors (Lipinski definition) is 2. The van der Waals surface area contributed by atoms with E-state index in [1.165, 1.54) is 50.6 Å². The number of benzene rings is 1. The normalized spacial score (nSPS) is 33.9. The molecule has 4 bridgehead atoms. The van der Waals surface area contributed by atoms with Gasteiger partial charge in [-0.3, -0.25) is 0 Å². The van der Waals surface area contributed by atoms with Crippen molar-refractivity contribution >= 4 is 0 Å². The van der Waals surface area contributed by atoms with Crippen LogP contribution in [0.5, 0.6) is 5.75 Å². The number of aromatic amines is 1. The second kappa shape index (κ2) is 5.37. The Labute approximate surface area is 143 Å². The lowest BCUT2D eigenvalue weighted by Crippen LogP contribution is -2.46. The second-order valence-electron chi connectivity index (χ2n) is 8.72. The average molecular weight is 322 g/mol. The van der Waals surface area contributed by atoms with Crippen molar-refractivity contribution in [2.45, 2.75) is 51.4 Å². The molecule has 1 aromatic carbocycles. The van der Waals surface area contributed by atoms with Gasteiger partial charge in [0.2, 0.25) is 0 Å². The molecule has 2 aromatic rings. The van der Waals surface area contributed by atoms with Crippen LogP contribution in [0.4, 0.5) is 0 Å². The van der Waals surface area contributed by atoms with Gasteiger partial charge in [-0.05, 0) is 98.8 Å². The minimum atomic E-state index is 0.298. The first-order chi connectivity index (χ1) is 11.7. The van der Waals surface area contributed by atoms with Gasteiger partial charge in [-0.1, -0.05) is 0 Å². The lowest BCUT2D eigenvalue weighted by atomic mass is 9.48. The molecule has 0 atom stereocenters. The Morgan fingerprint density at radius 3 is 2.25 bits per heavy atom. The van der Waals surface area contributed by atoms with Gasteiger partial charge in [-0.2, -0.15) is 0 Å². The van der Waals surface area contributed by atoms with Crippen molar-refractivity contribution in [1.29, 1.82) is 0 Å². The van der Waals surface area contributed by atoms with Crippen LogP contribution in [-0.2, 0) is 6.42 Å². The molecule has 126 valence electrons. The zero-order valence-corrected chi connectivity index (χ0v) is 14.2. The van der Waals surface area contributed by atoms with E-state index < -0.39 is 0 Å². The molecule has 0 radical (unpaired) electrons.